The Morgan fingerprint density at radius 1 is 1.05 bits per heavy atom. The molecule has 2 aromatic rings. The van der Waals surface area contributed by atoms with Gasteiger partial charge in [-0.3, -0.25) is 10.1 Å². The Balaban J connectivity index is 1.87. The van der Waals surface area contributed by atoms with Crippen molar-refractivity contribution in [1.82, 2.24) is 4.57 Å². The number of aryl methyl sites for hydroxylation is 1. The van der Waals surface area contributed by atoms with Crippen LogP contribution >= 0.6 is 0 Å². The fourth-order valence-corrected chi connectivity index (χ4v) is 2.72. The Morgan fingerprint density at radius 3 is 2.48 bits per heavy atom. The molecule has 21 heavy (non-hydrogen) atoms. The van der Waals surface area contributed by atoms with Gasteiger partial charge in [0.25, 0.3) is 5.69 Å². The van der Waals surface area contributed by atoms with Crippen LogP contribution in [0.15, 0.2) is 30.5 Å². The number of hydrogen-bond donors (Lipinski definition) is 0. The van der Waals surface area contributed by atoms with Crippen molar-refractivity contribution in [1.29, 1.82) is 0 Å². The van der Waals surface area contributed by atoms with Crippen LogP contribution in [0.2, 0.25) is 0 Å². The predicted molar refractivity (Wildman–Crippen MR) is 86.6 cm³/mol. The molecule has 0 N–H and O–H groups in total. The van der Waals surface area contributed by atoms with Crippen molar-refractivity contribution in [2.75, 3.05) is 0 Å². The molecule has 0 radical (unpaired) electrons. The van der Waals surface area contributed by atoms with Gasteiger partial charge in [-0.15, -0.1) is 0 Å². The van der Waals surface area contributed by atoms with E-state index >= 15 is 0 Å². The number of nitrogens with zero attached hydrogens (tertiary/aromatic N) is 2. The Hall–Kier alpha value is -1.84. The highest BCUT2D eigenvalue weighted by atomic mass is 16.6. The molecular formula is C17H24N2O2. The third kappa shape index (κ3) is 4.31. The molecule has 0 saturated carbocycles. The Bertz CT molecular complexity index is 589. The molecule has 0 fully saturated rings. The van der Waals surface area contributed by atoms with Crippen molar-refractivity contribution in [3.8, 4) is 0 Å². The van der Waals surface area contributed by atoms with Gasteiger partial charge < -0.3 is 4.57 Å². The molecule has 2 rings (SSSR count). The van der Waals surface area contributed by atoms with E-state index in [-0.39, 0.29) is 10.6 Å². The van der Waals surface area contributed by atoms with Gasteiger partial charge in [0.05, 0.1) is 10.4 Å². The number of fused-ring (bicyclic) bond motifs is 1. The minimum atomic E-state index is -0.329. The molecule has 0 unspecified atom stereocenters. The molecule has 0 spiro atoms. The number of nitro benzene ring substituents is 1. The predicted octanol–water partition coefficient (Wildman–Crippen LogP) is 5.30. The highest BCUT2D eigenvalue weighted by Gasteiger charge is 2.08. The van der Waals surface area contributed by atoms with Gasteiger partial charge >= 0.3 is 0 Å². The van der Waals surface area contributed by atoms with Gasteiger partial charge in [-0.1, -0.05) is 45.4 Å². The Labute approximate surface area is 125 Å². The van der Waals surface area contributed by atoms with Gasteiger partial charge in [0.15, 0.2) is 0 Å². The van der Waals surface area contributed by atoms with Gasteiger partial charge in [-0.05, 0) is 18.6 Å². The molecule has 114 valence electrons. The third-order valence-electron chi connectivity index (χ3n) is 3.97. The van der Waals surface area contributed by atoms with E-state index in [0.29, 0.717) is 0 Å². The largest absolute Gasteiger partial charge is 0.347 e. The fraction of sp³-hybridized carbons (Fsp3) is 0.529. The van der Waals surface area contributed by atoms with Crippen LogP contribution in [0.5, 0.6) is 0 Å². The van der Waals surface area contributed by atoms with E-state index in [9.17, 15) is 10.1 Å². The topological polar surface area (TPSA) is 48.1 Å². The molecule has 0 amide bonds. The number of nitro groups is 1. The number of unbranched alkanes of at least 4 members (excludes halogenated alkanes) is 6. The van der Waals surface area contributed by atoms with E-state index in [2.05, 4.69) is 11.5 Å². The SMILES string of the molecule is CCCCCCCCCn1ccc2ccc([N+](=O)[O-])cc21. The van der Waals surface area contributed by atoms with Crippen molar-refractivity contribution in [3.05, 3.63) is 40.6 Å². The van der Waals surface area contributed by atoms with Crippen LogP contribution in [0.25, 0.3) is 10.9 Å². The molecule has 1 heterocycles. The quantitative estimate of drug-likeness (QED) is 0.357. The average molecular weight is 288 g/mol. The van der Waals surface area contributed by atoms with Gasteiger partial charge in [0.2, 0.25) is 0 Å². The lowest BCUT2D eigenvalue weighted by atomic mass is 10.1. The van der Waals surface area contributed by atoms with Gasteiger partial charge in [-0.25, -0.2) is 0 Å². The molecule has 0 aliphatic heterocycles. The monoisotopic (exact) mass is 288 g/mol. The standard InChI is InChI=1S/C17H24N2O2/c1-2-3-4-5-6-7-8-12-18-13-11-15-9-10-16(19(20)21)14-17(15)18/h9-11,13-14H,2-8,12H2,1H3. The summed E-state index contributed by atoms with van der Waals surface area (Å²) in [6.45, 7) is 3.18. The summed E-state index contributed by atoms with van der Waals surface area (Å²) in [7, 11) is 0. The molecular weight excluding hydrogens is 264 g/mol. The lowest BCUT2D eigenvalue weighted by molar-refractivity contribution is -0.384. The number of non-ortho nitro benzene ring substituents is 1. The van der Waals surface area contributed by atoms with Crippen LogP contribution in [-0.2, 0) is 6.54 Å². The maximum Gasteiger partial charge on any atom is 0.271 e. The Morgan fingerprint density at radius 2 is 1.76 bits per heavy atom. The summed E-state index contributed by atoms with van der Waals surface area (Å²) in [5.41, 5.74) is 1.14. The maximum atomic E-state index is 10.9. The summed E-state index contributed by atoms with van der Waals surface area (Å²) in [4.78, 5) is 10.5. The maximum absolute atomic E-state index is 10.9. The van der Waals surface area contributed by atoms with E-state index < -0.39 is 0 Å². The lowest BCUT2D eigenvalue weighted by Gasteiger charge is -2.05. The highest BCUT2D eigenvalue weighted by molar-refractivity contribution is 5.82. The van der Waals surface area contributed by atoms with E-state index in [4.69, 9.17) is 0 Å². The molecule has 0 aliphatic rings. The van der Waals surface area contributed by atoms with Crippen LogP contribution in [0.3, 0.4) is 0 Å². The van der Waals surface area contributed by atoms with Crippen molar-refractivity contribution in [2.45, 2.75) is 58.4 Å². The van der Waals surface area contributed by atoms with Gasteiger partial charge in [0, 0.05) is 30.3 Å². The summed E-state index contributed by atoms with van der Waals surface area (Å²) < 4.78 is 2.13. The fourth-order valence-electron chi connectivity index (χ4n) is 2.72. The smallest absolute Gasteiger partial charge is 0.271 e. The normalized spacial score (nSPS) is 11.1. The summed E-state index contributed by atoms with van der Waals surface area (Å²) in [5, 5.41) is 11.9. The number of benzene rings is 1. The Kier molecular flexibility index (Phi) is 5.78. The second-order valence-corrected chi connectivity index (χ2v) is 5.63. The first kappa shape index (κ1) is 15.5. The number of rotatable bonds is 9. The molecule has 0 bridgehead atoms. The lowest BCUT2D eigenvalue weighted by Crippen LogP contribution is -1.97. The first-order valence-electron chi connectivity index (χ1n) is 7.95. The van der Waals surface area contributed by atoms with Crippen molar-refractivity contribution < 1.29 is 4.92 Å². The molecule has 1 aromatic heterocycles. The second kappa shape index (κ2) is 7.81. The first-order valence-corrected chi connectivity index (χ1v) is 7.95. The second-order valence-electron chi connectivity index (χ2n) is 5.63. The third-order valence-corrected chi connectivity index (χ3v) is 3.97. The van der Waals surface area contributed by atoms with Crippen LogP contribution in [-0.4, -0.2) is 9.49 Å². The van der Waals surface area contributed by atoms with Gasteiger partial charge in [-0.2, -0.15) is 0 Å². The van der Waals surface area contributed by atoms with Crippen molar-refractivity contribution in [3.63, 3.8) is 0 Å². The first-order chi connectivity index (χ1) is 10.2. The van der Waals surface area contributed by atoms with Crippen LogP contribution in [0.1, 0.15) is 51.9 Å². The molecule has 0 saturated heterocycles. The summed E-state index contributed by atoms with van der Waals surface area (Å²) in [5.74, 6) is 0. The van der Waals surface area contributed by atoms with Crippen molar-refractivity contribution >= 4 is 16.6 Å². The molecule has 4 nitrogen and oxygen atoms in total. The number of aromatic nitrogens is 1. The molecule has 0 atom stereocenters. The molecule has 4 heteroatoms. The zero-order chi connectivity index (χ0) is 15.1. The summed E-state index contributed by atoms with van der Waals surface area (Å²) in [6, 6.07) is 7.10. The zero-order valence-electron chi connectivity index (χ0n) is 12.8. The van der Waals surface area contributed by atoms with E-state index in [1.165, 1.54) is 38.5 Å². The molecule has 0 aliphatic carbocycles. The van der Waals surface area contributed by atoms with Crippen LogP contribution in [0, 0.1) is 10.1 Å². The number of hydrogen-bond acceptors (Lipinski definition) is 2. The van der Waals surface area contributed by atoms with E-state index in [1.54, 1.807) is 12.1 Å². The van der Waals surface area contributed by atoms with Crippen molar-refractivity contribution in [2.24, 2.45) is 0 Å². The van der Waals surface area contributed by atoms with Crippen LogP contribution < -0.4 is 0 Å². The van der Waals surface area contributed by atoms with Gasteiger partial charge in [0.1, 0.15) is 0 Å². The summed E-state index contributed by atoms with van der Waals surface area (Å²) >= 11 is 0. The van der Waals surface area contributed by atoms with E-state index in [0.717, 1.165) is 23.9 Å². The zero-order valence-corrected chi connectivity index (χ0v) is 12.8. The summed E-state index contributed by atoms with van der Waals surface area (Å²) in [6.07, 6.45) is 11.0. The highest BCUT2D eigenvalue weighted by Crippen LogP contribution is 2.22. The average Bonchev–Trinajstić information content (AvgIpc) is 2.88. The minimum absolute atomic E-state index is 0.169. The van der Waals surface area contributed by atoms with Crippen LogP contribution in [0.4, 0.5) is 5.69 Å². The molecule has 1 aromatic carbocycles. The minimum Gasteiger partial charge on any atom is -0.347 e. The van der Waals surface area contributed by atoms with E-state index in [1.807, 2.05) is 18.3 Å².